The van der Waals surface area contributed by atoms with Gasteiger partial charge in [0, 0.05) is 5.92 Å². The zero-order valence-corrected chi connectivity index (χ0v) is 4.98. The summed E-state index contributed by atoms with van der Waals surface area (Å²) in [4.78, 5) is 0. The van der Waals surface area contributed by atoms with Gasteiger partial charge in [-0.25, -0.2) is 0 Å². The number of allylic oxidation sites excluding steroid dienone is 1. The zero-order chi connectivity index (χ0) is 5.70. The van der Waals surface area contributed by atoms with E-state index in [9.17, 15) is 0 Å². The summed E-state index contributed by atoms with van der Waals surface area (Å²) < 4.78 is 0. The van der Waals surface area contributed by atoms with Crippen molar-refractivity contribution in [2.24, 2.45) is 5.92 Å². The third-order valence-corrected chi connectivity index (χ3v) is 1.06. The van der Waals surface area contributed by atoms with Crippen LogP contribution in [0.4, 0.5) is 0 Å². The molecule has 1 atom stereocenters. The molecule has 0 fully saturated rings. The molecule has 0 radical (unpaired) electrons. The van der Waals surface area contributed by atoms with Crippen LogP contribution in [0.25, 0.3) is 0 Å². The van der Waals surface area contributed by atoms with Crippen LogP contribution in [0.2, 0.25) is 0 Å². The maximum atomic E-state index is 3.76. The van der Waals surface area contributed by atoms with Crippen molar-refractivity contribution in [3.8, 4) is 0 Å². The van der Waals surface area contributed by atoms with Gasteiger partial charge in [-0.05, 0) is 6.42 Å². The lowest BCUT2D eigenvalue weighted by Gasteiger charge is -1.97. The van der Waals surface area contributed by atoms with Crippen molar-refractivity contribution in [2.75, 3.05) is 6.54 Å². The summed E-state index contributed by atoms with van der Waals surface area (Å²) in [6, 6.07) is 0. The highest BCUT2D eigenvalue weighted by Crippen LogP contribution is 1.95. The molecule has 0 aliphatic rings. The van der Waals surface area contributed by atoms with Crippen molar-refractivity contribution in [2.45, 2.75) is 13.3 Å². The van der Waals surface area contributed by atoms with E-state index in [2.05, 4.69) is 19.2 Å². The molecule has 0 saturated heterocycles. The topological polar surface area (TPSA) is 27.6 Å². The lowest BCUT2D eigenvalue weighted by molar-refractivity contribution is -0.377. The predicted octanol–water partition coefficient (Wildman–Crippen LogP) is 0.441. The molecule has 0 aliphatic heterocycles. The molecule has 3 N–H and O–H groups in total. The van der Waals surface area contributed by atoms with Crippen LogP contribution in [0, 0.1) is 5.92 Å². The van der Waals surface area contributed by atoms with Gasteiger partial charge in [-0.2, -0.15) is 0 Å². The molecule has 1 heteroatoms. The molecule has 0 aromatic heterocycles. The second kappa shape index (κ2) is 3.88. The molecule has 0 aromatic carbocycles. The Morgan fingerprint density at radius 1 is 1.86 bits per heavy atom. The number of hydrogen-bond donors (Lipinski definition) is 1. The van der Waals surface area contributed by atoms with Gasteiger partial charge in [0.25, 0.3) is 0 Å². The monoisotopic (exact) mass is 100 g/mol. The van der Waals surface area contributed by atoms with Crippen molar-refractivity contribution in [3.63, 3.8) is 0 Å². The van der Waals surface area contributed by atoms with Gasteiger partial charge in [0.15, 0.2) is 0 Å². The predicted molar refractivity (Wildman–Crippen MR) is 31.7 cm³/mol. The summed E-state index contributed by atoms with van der Waals surface area (Å²) in [5.74, 6) is 0.720. The molecular weight excluding hydrogens is 86.1 g/mol. The molecule has 0 aromatic rings. The maximum absolute atomic E-state index is 3.76. The Morgan fingerprint density at radius 3 is 2.57 bits per heavy atom. The number of hydrogen-bond acceptors (Lipinski definition) is 0. The Balaban J connectivity index is 2.98. The largest absolute Gasteiger partial charge is 0.357 e. The van der Waals surface area contributed by atoms with Crippen LogP contribution in [0.15, 0.2) is 12.7 Å². The summed E-state index contributed by atoms with van der Waals surface area (Å²) in [6.07, 6.45) is 3.04. The second-order valence-electron chi connectivity index (χ2n) is 1.92. The molecule has 0 aliphatic carbocycles. The average Bonchev–Trinajstić information content (AvgIpc) is 1.68. The zero-order valence-electron chi connectivity index (χ0n) is 4.98. The van der Waals surface area contributed by atoms with Gasteiger partial charge in [-0.1, -0.05) is 13.0 Å². The first-order valence-electron chi connectivity index (χ1n) is 2.71. The van der Waals surface area contributed by atoms with Crippen LogP contribution < -0.4 is 5.73 Å². The van der Waals surface area contributed by atoms with Crippen LogP contribution in [-0.4, -0.2) is 6.54 Å². The summed E-state index contributed by atoms with van der Waals surface area (Å²) in [5, 5.41) is 0. The van der Waals surface area contributed by atoms with Crippen LogP contribution in [0.3, 0.4) is 0 Å². The average molecular weight is 100 g/mol. The Labute approximate surface area is 45.2 Å². The van der Waals surface area contributed by atoms with Crippen LogP contribution in [0.1, 0.15) is 13.3 Å². The lowest BCUT2D eigenvalue weighted by Crippen LogP contribution is -2.53. The highest BCUT2D eigenvalue weighted by molar-refractivity contribution is 4.68. The van der Waals surface area contributed by atoms with E-state index in [0.29, 0.717) is 0 Å². The van der Waals surface area contributed by atoms with E-state index in [1.54, 1.807) is 0 Å². The van der Waals surface area contributed by atoms with Gasteiger partial charge in [-0.15, -0.1) is 6.58 Å². The third kappa shape index (κ3) is 3.53. The normalized spacial score (nSPS) is 13.4. The lowest BCUT2D eigenvalue weighted by atomic mass is 10.1. The van der Waals surface area contributed by atoms with Gasteiger partial charge in [-0.3, -0.25) is 0 Å². The Morgan fingerprint density at radius 2 is 2.43 bits per heavy atom. The Kier molecular flexibility index (Phi) is 3.71. The molecule has 0 amide bonds. The van der Waals surface area contributed by atoms with Crippen LogP contribution >= 0.6 is 0 Å². The second-order valence-corrected chi connectivity index (χ2v) is 1.92. The minimum atomic E-state index is 0.720. The van der Waals surface area contributed by atoms with Crippen molar-refractivity contribution in [1.82, 2.24) is 0 Å². The molecule has 0 spiro atoms. The van der Waals surface area contributed by atoms with Gasteiger partial charge in [0.05, 0.1) is 6.54 Å². The molecule has 1 unspecified atom stereocenters. The van der Waals surface area contributed by atoms with Gasteiger partial charge in [0.1, 0.15) is 0 Å². The Hall–Kier alpha value is -0.300. The van der Waals surface area contributed by atoms with Crippen molar-refractivity contribution >= 4 is 0 Å². The highest BCUT2D eigenvalue weighted by atomic mass is 14.5. The van der Waals surface area contributed by atoms with E-state index in [0.717, 1.165) is 18.9 Å². The fourth-order valence-electron chi connectivity index (χ4n) is 0.402. The number of rotatable bonds is 3. The standard InChI is InChI=1S/C6H13N/c1-3-4-6(2)5-7/h3,6H,1,4-5,7H2,2H3/p+1. The molecular formula is C6H14N+. The van der Waals surface area contributed by atoms with E-state index < -0.39 is 0 Å². The van der Waals surface area contributed by atoms with E-state index >= 15 is 0 Å². The summed E-state index contributed by atoms with van der Waals surface area (Å²) in [6.45, 7) is 6.82. The maximum Gasteiger partial charge on any atom is 0.0768 e. The first-order valence-corrected chi connectivity index (χ1v) is 2.71. The third-order valence-electron chi connectivity index (χ3n) is 1.06. The van der Waals surface area contributed by atoms with Crippen LogP contribution in [-0.2, 0) is 0 Å². The smallest absolute Gasteiger partial charge is 0.0768 e. The quantitative estimate of drug-likeness (QED) is 0.498. The van der Waals surface area contributed by atoms with E-state index in [-0.39, 0.29) is 0 Å². The highest BCUT2D eigenvalue weighted by Gasteiger charge is 1.93. The molecule has 0 saturated carbocycles. The first-order chi connectivity index (χ1) is 3.31. The summed E-state index contributed by atoms with van der Waals surface area (Å²) >= 11 is 0. The Bertz CT molecular complexity index is 50.1. The fourth-order valence-corrected chi connectivity index (χ4v) is 0.402. The SMILES string of the molecule is C=CCC(C)C[NH3+]. The minimum Gasteiger partial charge on any atom is -0.357 e. The molecule has 7 heavy (non-hydrogen) atoms. The molecule has 1 nitrogen and oxygen atoms in total. The van der Waals surface area contributed by atoms with Gasteiger partial charge < -0.3 is 5.73 Å². The first kappa shape index (κ1) is 6.70. The summed E-state index contributed by atoms with van der Waals surface area (Å²) in [7, 11) is 0. The summed E-state index contributed by atoms with van der Waals surface area (Å²) in [5.41, 5.74) is 3.76. The molecule has 0 rings (SSSR count). The van der Waals surface area contributed by atoms with Crippen LogP contribution in [0.5, 0.6) is 0 Å². The van der Waals surface area contributed by atoms with Gasteiger partial charge >= 0.3 is 0 Å². The van der Waals surface area contributed by atoms with E-state index in [1.807, 2.05) is 6.08 Å². The van der Waals surface area contributed by atoms with Crippen molar-refractivity contribution in [3.05, 3.63) is 12.7 Å². The minimum absolute atomic E-state index is 0.720. The molecule has 42 valence electrons. The fraction of sp³-hybridized carbons (Fsp3) is 0.667. The van der Waals surface area contributed by atoms with Crippen molar-refractivity contribution in [1.29, 1.82) is 0 Å². The molecule has 0 bridgehead atoms. The van der Waals surface area contributed by atoms with E-state index in [4.69, 9.17) is 0 Å². The van der Waals surface area contributed by atoms with Crippen molar-refractivity contribution < 1.29 is 5.73 Å². The van der Waals surface area contributed by atoms with E-state index in [1.165, 1.54) is 0 Å². The number of quaternary nitrogens is 1. The molecule has 0 heterocycles. The van der Waals surface area contributed by atoms with Gasteiger partial charge in [0.2, 0.25) is 0 Å².